The zero-order chi connectivity index (χ0) is 25.3. The van der Waals surface area contributed by atoms with Crippen molar-refractivity contribution in [2.24, 2.45) is 0 Å². The summed E-state index contributed by atoms with van der Waals surface area (Å²) in [6.45, 7) is -0.700. The number of nitrogens with zero attached hydrogens (tertiary/aromatic N) is 1. The van der Waals surface area contributed by atoms with Gasteiger partial charge in [-0.2, -0.15) is 30.6 Å². The predicted molar refractivity (Wildman–Crippen MR) is 111 cm³/mol. The maximum Gasteiger partial charge on any atom is 0.416 e. The first-order chi connectivity index (χ1) is 15.7. The normalized spacial score (nSPS) is 18.0. The van der Waals surface area contributed by atoms with Gasteiger partial charge in [0.05, 0.1) is 16.0 Å². The third kappa shape index (κ3) is 5.84. The van der Waals surface area contributed by atoms with E-state index >= 15 is 0 Å². The maximum absolute atomic E-state index is 13.7. The summed E-state index contributed by atoms with van der Waals surface area (Å²) in [5.74, 6) is -0.699. The molecule has 0 bridgehead atoms. The van der Waals surface area contributed by atoms with E-state index in [4.69, 9.17) is 11.6 Å². The highest BCUT2D eigenvalue weighted by atomic mass is 35.5. The van der Waals surface area contributed by atoms with Crippen molar-refractivity contribution in [3.05, 3.63) is 64.2 Å². The topological polar surface area (TPSA) is 66.5 Å². The van der Waals surface area contributed by atoms with E-state index in [9.17, 15) is 39.6 Å². The van der Waals surface area contributed by atoms with Crippen molar-refractivity contribution in [1.82, 2.24) is 9.62 Å². The zero-order valence-electron chi connectivity index (χ0n) is 17.4. The van der Waals surface area contributed by atoms with Gasteiger partial charge in [0, 0.05) is 18.1 Å². The van der Waals surface area contributed by atoms with E-state index in [1.54, 1.807) is 0 Å². The van der Waals surface area contributed by atoms with Crippen LogP contribution in [0.2, 0.25) is 5.02 Å². The van der Waals surface area contributed by atoms with Crippen molar-refractivity contribution in [3.8, 4) is 0 Å². The molecule has 2 aromatic carbocycles. The lowest BCUT2D eigenvalue weighted by molar-refractivity contribution is -0.143. The van der Waals surface area contributed by atoms with E-state index in [-0.39, 0.29) is 29.0 Å². The van der Waals surface area contributed by atoms with Gasteiger partial charge in [-0.1, -0.05) is 17.7 Å². The van der Waals surface area contributed by atoms with Crippen molar-refractivity contribution < 1.29 is 39.6 Å². The van der Waals surface area contributed by atoms with Crippen LogP contribution in [0.1, 0.15) is 36.0 Å². The van der Waals surface area contributed by atoms with Gasteiger partial charge in [0.15, 0.2) is 0 Å². The number of hydrogen-bond donors (Lipinski definition) is 1. The first-order valence-corrected chi connectivity index (χ1v) is 11.9. The average molecular weight is 529 g/mol. The number of carbonyl (C=O) groups is 1. The van der Waals surface area contributed by atoms with Crippen LogP contribution >= 0.6 is 11.6 Å². The molecule has 0 radical (unpaired) electrons. The average Bonchev–Trinajstić information content (AvgIpc) is 2.95. The van der Waals surface area contributed by atoms with Crippen molar-refractivity contribution in [2.45, 2.75) is 49.1 Å². The second kappa shape index (κ2) is 9.74. The molecule has 0 unspecified atom stereocenters. The van der Waals surface area contributed by atoms with Crippen molar-refractivity contribution in [1.29, 1.82) is 0 Å². The Hall–Kier alpha value is -2.31. The minimum atomic E-state index is -5.20. The Morgan fingerprint density at radius 2 is 1.62 bits per heavy atom. The lowest BCUT2D eigenvalue weighted by Crippen LogP contribution is -2.48. The molecular weight excluding hydrogens is 510 g/mol. The Bertz CT molecular complexity index is 1150. The quantitative estimate of drug-likeness (QED) is 0.540. The minimum Gasteiger partial charge on any atom is -0.355 e. The van der Waals surface area contributed by atoms with Gasteiger partial charge >= 0.3 is 12.4 Å². The lowest BCUT2D eigenvalue weighted by atomic mass is 10.0. The van der Waals surface area contributed by atoms with Crippen LogP contribution in [-0.2, 0) is 33.7 Å². The van der Waals surface area contributed by atoms with E-state index in [2.05, 4.69) is 5.32 Å². The molecule has 0 aromatic heterocycles. The summed E-state index contributed by atoms with van der Waals surface area (Å²) in [7, 11) is -4.54. The van der Waals surface area contributed by atoms with E-state index in [1.165, 1.54) is 12.1 Å². The Morgan fingerprint density at radius 3 is 2.21 bits per heavy atom. The Balaban J connectivity index is 2.14. The van der Waals surface area contributed by atoms with Crippen LogP contribution in [0, 0.1) is 0 Å². The van der Waals surface area contributed by atoms with Crippen LogP contribution in [-0.4, -0.2) is 31.2 Å². The molecule has 13 heteroatoms. The molecule has 34 heavy (non-hydrogen) atoms. The molecule has 1 fully saturated rings. The molecule has 0 aliphatic carbocycles. The van der Waals surface area contributed by atoms with Gasteiger partial charge < -0.3 is 5.32 Å². The third-order valence-electron chi connectivity index (χ3n) is 5.34. The summed E-state index contributed by atoms with van der Waals surface area (Å²) in [5.41, 5.74) is -3.87. The Kier molecular flexibility index (Phi) is 7.54. The van der Waals surface area contributed by atoms with Crippen LogP contribution in [0.15, 0.2) is 47.4 Å². The van der Waals surface area contributed by atoms with E-state index in [0.717, 1.165) is 12.1 Å². The second-order valence-corrected chi connectivity index (χ2v) is 10.0. The van der Waals surface area contributed by atoms with Gasteiger partial charge in [0.1, 0.15) is 6.04 Å². The molecule has 1 heterocycles. The highest BCUT2D eigenvalue weighted by Crippen LogP contribution is 2.38. The maximum atomic E-state index is 13.7. The van der Waals surface area contributed by atoms with Crippen LogP contribution < -0.4 is 5.32 Å². The van der Waals surface area contributed by atoms with Crippen molar-refractivity contribution in [3.63, 3.8) is 0 Å². The van der Waals surface area contributed by atoms with Gasteiger partial charge in [-0.3, -0.25) is 4.79 Å². The zero-order valence-corrected chi connectivity index (χ0v) is 19.0. The highest BCUT2D eigenvalue weighted by Gasteiger charge is 2.41. The molecule has 0 saturated carbocycles. The largest absolute Gasteiger partial charge is 0.416 e. The van der Waals surface area contributed by atoms with E-state index < -0.39 is 57.6 Å². The van der Waals surface area contributed by atoms with Gasteiger partial charge in [0.25, 0.3) is 0 Å². The van der Waals surface area contributed by atoms with E-state index in [1.807, 2.05) is 0 Å². The van der Waals surface area contributed by atoms with Crippen molar-refractivity contribution in [2.75, 3.05) is 6.54 Å². The smallest absolute Gasteiger partial charge is 0.355 e. The number of hydrogen-bond acceptors (Lipinski definition) is 3. The number of benzene rings is 2. The van der Waals surface area contributed by atoms with Crippen LogP contribution in [0.5, 0.6) is 0 Å². The van der Waals surface area contributed by atoms with Crippen molar-refractivity contribution >= 4 is 27.5 Å². The summed E-state index contributed by atoms with van der Waals surface area (Å²) in [6, 6.07) is 4.42. The molecule has 1 aliphatic rings. The SMILES string of the molecule is O=C1NCCCC[C@H]1N(Cc1ccc(C(F)(F)F)cc1C(F)(F)F)S(=O)(=O)c1ccc(Cl)cc1. The van der Waals surface area contributed by atoms with Gasteiger partial charge in [0.2, 0.25) is 15.9 Å². The second-order valence-electron chi connectivity index (χ2n) is 7.67. The number of nitrogens with one attached hydrogen (secondary N) is 1. The Morgan fingerprint density at radius 1 is 0.971 bits per heavy atom. The summed E-state index contributed by atoms with van der Waals surface area (Å²) in [6.07, 6.45) is -9.26. The number of amides is 1. The van der Waals surface area contributed by atoms with Gasteiger partial charge in [-0.25, -0.2) is 8.42 Å². The summed E-state index contributed by atoms with van der Waals surface area (Å²) in [5, 5.41) is 2.74. The van der Waals surface area contributed by atoms with Crippen LogP contribution in [0.3, 0.4) is 0 Å². The molecular formula is C21H19ClF6N2O3S. The predicted octanol–water partition coefficient (Wildman–Crippen LogP) is 5.24. The lowest BCUT2D eigenvalue weighted by Gasteiger charge is -2.30. The number of carbonyl (C=O) groups excluding carboxylic acids is 1. The number of alkyl halides is 6. The summed E-state index contributed by atoms with van der Waals surface area (Å²) >= 11 is 5.80. The number of sulfonamides is 1. The molecule has 5 nitrogen and oxygen atoms in total. The molecule has 1 saturated heterocycles. The first-order valence-electron chi connectivity index (χ1n) is 10.0. The number of rotatable bonds is 5. The first kappa shape index (κ1) is 26.3. The molecule has 3 rings (SSSR count). The minimum absolute atomic E-state index is 0.0284. The fraction of sp³-hybridized carbons (Fsp3) is 0.381. The van der Waals surface area contributed by atoms with Crippen LogP contribution in [0.4, 0.5) is 26.3 Å². The molecule has 0 spiro atoms. The summed E-state index contributed by atoms with van der Waals surface area (Å²) < 4.78 is 108. The molecule has 2 aromatic rings. The molecule has 1 aliphatic heterocycles. The fourth-order valence-corrected chi connectivity index (χ4v) is 5.35. The molecule has 1 amide bonds. The van der Waals surface area contributed by atoms with Gasteiger partial charge in [-0.15, -0.1) is 0 Å². The molecule has 186 valence electrons. The monoisotopic (exact) mass is 528 g/mol. The number of halogens is 7. The highest BCUT2D eigenvalue weighted by molar-refractivity contribution is 7.89. The molecule has 1 atom stereocenters. The third-order valence-corrected chi connectivity index (χ3v) is 7.46. The fourth-order valence-electron chi connectivity index (χ4n) is 3.63. The van der Waals surface area contributed by atoms with E-state index in [0.29, 0.717) is 29.3 Å². The van der Waals surface area contributed by atoms with Gasteiger partial charge in [-0.05, 0) is 61.2 Å². The summed E-state index contributed by atoms with van der Waals surface area (Å²) in [4.78, 5) is 12.3. The standard InChI is InChI=1S/C21H19ClF6N2O3S/c22-15-6-8-16(9-7-15)34(32,33)30(18-3-1-2-10-29-19(18)31)12-13-4-5-14(20(23,24)25)11-17(13)21(26,27)28/h4-9,11,18H,1-3,10,12H2,(H,29,31)/t18-/m1/s1. The Labute approximate surface area is 196 Å². The molecule has 1 N–H and O–H groups in total. The van der Waals surface area contributed by atoms with Crippen LogP contribution in [0.25, 0.3) is 0 Å².